The van der Waals surface area contributed by atoms with Crippen LogP contribution in [0.15, 0.2) is 30.4 Å². The van der Waals surface area contributed by atoms with Crippen LogP contribution in [0.1, 0.15) is 16.8 Å². The molecule has 0 saturated heterocycles. The zero-order chi connectivity index (χ0) is 11.5. The topological polar surface area (TPSA) is 72.4 Å². The van der Waals surface area contributed by atoms with Gasteiger partial charge < -0.3 is 16.4 Å². The second kappa shape index (κ2) is 4.26. The first-order chi connectivity index (χ1) is 7.68. The normalized spacial score (nSPS) is 15.1. The summed E-state index contributed by atoms with van der Waals surface area (Å²) >= 11 is 0. The Morgan fingerprint density at radius 2 is 2.06 bits per heavy atom. The van der Waals surface area contributed by atoms with Gasteiger partial charge in [-0.1, -0.05) is 12.2 Å². The highest BCUT2D eigenvalue weighted by Gasteiger charge is 2.17. The molecule has 0 aliphatic carbocycles. The van der Waals surface area contributed by atoms with E-state index in [4.69, 9.17) is 11.5 Å². The van der Waals surface area contributed by atoms with Crippen LogP contribution in [0.25, 0.3) is 0 Å². The highest BCUT2D eigenvalue weighted by atomic mass is 16.2. The maximum absolute atomic E-state index is 12.1. The molecule has 4 N–H and O–H groups in total. The van der Waals surface area contributed by atoms with Gasteiger partial charge in [-0.15, -0.1) is 0 Å². The number of hydrogen-bond donors (Lipinski definition) is 2. The molecule has 16 heavy (non-hydrogen) atoms. The molecule has 0 saturated carbocycles. The van der Waals surface area contributed by atoms with Crippen LogP contribution in [-0.4, -0.2) is 23.9 Å². The SMILES string of the molecule is Nc1ccc(C(=O)N2CC=CCC2)c(N)c1. The molecule has 0 unspecified atom stereocenters. The Morgan fingerprint density at radius 3 is 2.69 bits per heavy atom. The number of rotatable bonds is 1. The van der Waals surface area contributed by atoms with Crippen molar-refractivity contribution in [2.45, 2.75) is 6.42 Å². The standard InChI is InChI=1S/C12H15N3O/c13-9-4-5-10(11(14)8-9)12(16)15-6-2-1-3-7-15/h1-2,4-5,8H,3,6-7,13-14H2. The highest BCUT2D eigenvalue weighted by Crippen LogP contribution is 2.18. The van der Waals surface area contributed by atoms with Gasteiger partial charge in [-0.3, -0.25) is 4.79 Å². The van der Waals surface area contributed by atoms with E-state index in [9.17, 15) is 4.79 Å². The number of anilines is 2. The van der Waals surface area contributed by atoms with Crippen LogP contribution in [0.3, 0.4) is 0 Å². The van der Waals surface area contributed by atoms with Gasteiger partial charge in [-0.05, 0) is 24.6 Å². The van der Waals surface area contributed by atoms with Crippen molar-refractivity contribution in [2.75, 3.05) is 24.6 Å². The fourth-order valence-electron chi connectivity index (χ4n) is 1.77. The number of carbonyl (C=O) groups excluding carboxylic acids is 1. The first kappa shape index (κ1) is 10.5. The Morgan fingerprint density at radius 1 is 1.25 bits per heavy atom. The van der Waals surface area contributed by atoms with Crippen LogP contribution in [0.2, 0.25) is 0 Å². The van der Waals surface area contributed by atoms with Crippen LogP contribution >= 0.6 is 0 Å². The maximum atomic E-state index is 12.1. The zero-order valence-electron chi connectivity index (χ0n) is 9.02. The number of nitrogens with two attached hydrogens (primary N) is 2. The predicted octanol–water partition coefficient (Wildman–Crippen LogP) is 1.25. The van der Waals surface area contributed by atoms with E-state index in [-0.39, 0.29) is 5.91 Å². The van der Waals surface area contributed by atoms with Crippen molar-refractivity contribution < 1.29 is 4.79 Å². The molecule has 1 aromatic rings. The van der Waals surface area contributed by atoms with Crippen LogP contribution in [0.5, 0.6) is 0 Å². The highest BCUT2D eigenvalue weighted by molar-refractivity contribution is 5.99. The minimum absolute atomic E-state index is 0.0261. The molecule has 84 valence electrons. The first-order valence-corrected chi connectivity index (χ1v) is 5.28. The molecule has 1 aromatic carbocycles. The van der Waals surface area contributed by atoms with E-state index in [1.54, 1.807) is 23.1 Å². The van der Waals surface area contributed by atoms with Gasteiger partial charge in [0.15, 0.2) is 0 Å². The number of carbonyl (C=O) groups is 1. The van der Waals surface area contributed by atoms with Gasteiger partial charge in [0, 0.05) is 24.5 Å². The van der Waals surface area contributed by atoms with Crippen LogP contribution < -0.4 is 11.5 Å². The zero-order valence-corrected chi connectivity index (χ0v) is 9.02. The van der Waals surface area contributed by atoms with E-state index in [0.29, 0.717) is 23.5 Å². The van der Waals surface area contributed by atoms with E-state index in [1.807, 2.05) is 6.08 Å². The summed E-state index contributed by atoms with van der Waals surface area (Å²) in [6.07, 6.45) is 4.98. The van der Waals surface area contributed by atoms with Crippen molar-refractivity contribution in [2.24, 2.45) is 0 Å². The molecule has 1 aliphatic heterocycles. The minimum atomic E-state index is -0.0261. The molecule has 0 aromatic heterocycles. The molecule has 0 fully saturated rings. The molecule has 0 atom stereocenters. The molecule has 0 radical (unpaired) electrons. The lowest BCUT2D eigenvalue weighted by Crippen LogP contribution is -2.34. The second-order valence-electron chi connectivity index (χ2n) is 3.86. The van der Waals surface area contributed by atoms with Gasteiger partial charge in [0.05, 0.1) is 5.56 Å². The van der Waals surface area contributed by atoms with E-state index >= 15 is 0 Å². The summed E-state index contributed by atoms with van der Waals surface area (Å²) in [5.41, 5.74) is 12.9. The molecule has 0 spiro atoms. The molecule has 1 heterocycles. The molecule has 1 aliphatic rings. The molecule has 0 bridgehead atoms. The van der Waals surface area contributed by atoms with E-state index in [0.717, 1.165) is 13.0 Å². The Hall–Kier alpha value is -1.97. The number of nitrogen functional groups attached to an aromatic ring is 2. The fourth-order valence-corrected chi connectivity index (χ4v) is 1.77. The van der Waals surface area contributed by atoms with Gasteiger partial charge in [0.2, 0.25) is 0 Å². The minimum Gasteiger partial charge on any atom is -0.399 e. The second-order valence-corrected chi connectivity index (χ2v) is 3.86. The van der Waals surface area contributed by atoms with E-state index < -0.39 is 0 Å². The average molecular weight is 217 g/mol. The molecule has 4 heteroatoms. The van der Waals surface area contributed by atoms with Gasteiger partial charge in [-0.2, -0.15) is 0 Å². The third-order valence-corrected chi connectivity index (χ3v) is 2.65. The monoisotopic (exact) mass is 217 g/mol. The van der Waals surface area contributed by atoms with Crippen molar-refractivity contribution in [3.63, 3.8) is 0 Å². The van der Waals surface area contributed by atoms with Crippen LogP contribution in [0, 0.1) is 0 Å². The van der Waals surface area contributed by atoms with Crippen molar-refractivity contribution in [3.8, 4) is 0 Å². The van der Waals surface area contributed by atoms with E-state index in [2.05, 4.69) is 6.08 Å². The smallest absolute Gasteiger partial charge is 0.256 e. The van der Waals surface area contributed by atoms with Gasteiger partial charge >= 0.3 is 0 Å². The largest absolute Gasteiger partial charge is 0.399 e. The number of amides is 1. The Kier molecular flexibility index (Phi) is 2.81. The number of benzene rings is 1. The Bertz CT molecular complexity index is 440. The Balaban J connectivity index is 2.23. The van der Waals surface area contributed by atoms with Gasteiger partial charge in [-0.25, -0.2) is 0 Å². The molecule has 1 amide bonds. The maximum Gasteiger partial charge on any atom is 0.256 e. The number of hydrogen-bond acceptors (Lipinski definition) is 3. The van der Waals surface area contributed by atoms with Crippen molar-refractivity contribution in [1.82, 2.24) is 4.90 Å². The lowest BCUT2D eigenvalue weighted by atomic mass is 10.1. The summed E-state index contributed by atoms with van der Waals surface area (Å²) in [6.45, 7) is 1.40. The summed E-state index contributed by atoms with van der Waals surface area (Å²) in [7, 11) is 0. The fraction of sp³-hybridized carbons (Fsp3) is 0.250. The Labute approximate surface area is 94.5 Å². The summed E-state index contributed by atoms with van der Waals surface area (Å²) in [5.74, 6) is -0.0261. The summed E-state index contributed by atoms with van der Waals surface area (Å²) in [4.78, 5) is 13.9. The lowest BCUT2D eigenvalue weighted by Gasteiger charge is -2.24. The van der Waals surface area contributed by atoms with Gasteiger partial charge in [0.25, 0.3) is 5.91 Å². The van der Waals surface area contributed by atoms with Gasteiger partial charge in [0.1, 0.15) is 0 Å². The lowest BCUT2D eigenvalue weighted by molar-refractivity contribution is 0.0772. The van der Waals surface area contributed by atoms with Crippen LogP contribution in [0.4, 0.5) is 11.4 Å². The average Bonchev–Trinajstić information content (AvgIpc) is 2.29. The van der Waals surface area contributed by atoms with Crippen molar-refractivity contribution >= 4 is 17.3 Å². The molecular weight excluding hydrogens is 202 g/mol. The summed E-state index contributed by atoms with van der Waals surface area (Å²) in [5, 5.41) is 0. The first-order valence-electron chi connectivity index (χ1n) is 5.28. The van der Waals surface area contributed by atoms with E-state index in [1.165, 1.54) is 0 Å². The quantitative estimate of drug-likeness (QED) is 0.549. The molecular formula is C12H15N3O. The third kappa shape index (κ3) is 2.00. The predicted molar refractivity (Wildman–Crippen MR) is 64.9 cm³/mol. The van der Waals surface area contributed by atoms with Crippen LogP contribution in [-0.2, 0) is 0 Å². The number of nitrogens with zero attached hydrogens (tertiary/aromatic N) is 1. The molecule has 2 rings (SSSR count). The summed E-state index contributed by atoms with van der Waals surface area (Å²) < 4.78 is 0. The van der Waals surface area contributed by atoms with Crippen molar-refractivity contribution in [1.29, 1.82) is 0 Å². The molecule has 4 nitrogen and oxygen atoms in total. The summed E-state index contributed by atoms with van der Waals surface area (Å²) in [6, 6.07) is 5.00. The van der Waals surface area contributed by atoms with Crippen molar-refractivity contribution in [3.05, 3.63) is 35.9 Å². The third-order valence-electron chi connectivity index (χ3n) is 2.65.